The zero-order valence-corrected chi connectivity index (χ0v) is 15.1. The van der Waals surface area contributed by atoms with Crippen molar-refractivity contribution >= 4 is 24.1 Å². The Balaban J connectivity index is 0.00000264. The number of anilines is 1. The van der Waals surface area contributed by atoms with Crippen molar-refractivity contribution < 1.29 is 4.79 Å². The van der Waals surface area contributed by atoms with Gasteiger partial charge >= 0.3 is 0 Å². The van der Waals surface area contributed by atoms with Gasteiger partial charge in [-0.25, -0.2) is 4.98 Å². The van der Waals surface area contributed by atoms with Crippen LogP contribution < -0.4 is 16.0 Å². The first kappa shape index (κ1) is 19.7. The molecule has 1 amide bonds. The van der Waals surface area contributed by atoms with Crippen LogP contribution in [0.2, 0.25) is 0 Å². The van der Waals surface area contributed by atoms with Crippen LogP contribution in [0.4, 0.5) is 5.82 Å². The summed E-state index contributed by atoms with van der Waals surface area (Å²) in [7, 11) is 0. The molecule has 0 aliphatic carbocycles. The maximum Gasteiger partial charge on any atom is 0.237 e. The normalized spacial score (nSPS) is 16.8. The summed E-state index contributed by atoms with van der Waals surface area (Å²) >= 11 is 0. The Kier molecular flexibility index (Phi) is 7.79. The molecule has 1 aliphatic rings. The summed E-state index contributed by atoms with van der Waals surface area (Å²) in [6.07, 6.45) is 4.30. The van der Waals surface area contributed by atoms with Crippen LogP contribution in [0, 0.1) is 11.8 Å². The summed E-state index contributed by atoms with van der Waals surface area (Å²) in [6.45, 7) is 8.82. The van der Waals surface area contributed by atoms with Gasteiger partial charge in [-0.1, -0.05) is 26.8 Å². The van der Waals surface area contributed by atoms with Gasteiger partial charge in [-0.2, -0.15) is 0 Å². The fraction of sp³-hybridized carbons (Fsp3) is 0.647. The maximum absolute atomic E-state index is 11.8. The fourth-order valence-corrected chi connectivity index (χ4v) is 2.56. The molecule has 1 aliphatic heterocycles. The van der Waals surface area contributed by atoms with Crippen LogP contribution in [0.25, 0.3) is 0 Å². The number of rotatable bonds is 5. The van der Waals surface area contributed by atoms with E-state index in [1.807, 2.05) is 32.2 Å². The average Bonchev–Trinajstić information content (AvgIpc) is 2.53. The number of aromatic nitrogens is 1. The minimum Gasteiger partial charge on any atom is -0.357 e. The van der Waals surface area contributed by atoms with Gasteiger partial charge in [0, 0.05) is 25.8 Å². The molecule has 130 valence electrons. The smallest absolute Gasteiger partial charge is 0.237 e. The number of hydrogen-bond donors (Lipinski definition) is 2. The van der Waals surface area contributed by atoms with Crippen LogP contribution in [0.15, 0.2) is 18.3 Å². The first-order chi connectivity index (χ1) is 10.5. The number of pyridine rings is 1. The first-order valence-electron chi connectivity index (χ1n) is 8.20. The van der Waals surface area contributed by atoms with Crippen LogP contribution in [0.1, 0.15) is 39.2 Å². The highest BCUT2D eigenvalue weighted by molar-refractivity contribution is 5.85. The minimum atomic E-state index is -0.456. The van der Waals surface area contributed by atoms with Crippen molar-refractivity contribution in [3.8, 4) is 0 Å². The summed E-state index contributed by atoms with van der Waals surface area (Å²) in [5.41, 5.74) is 6.82. The van der Waals surface area contributed by atoms with Gasteiger partial charge in [-0.05, 0) is 36.3 Å². The monoisotopic (exact) mass is 340 g/mol. The van der Waals surface area contributed by atoms with Gasteiger partial charge in [0.1, 0.15) is 5.82 Å². The lowest BCUT2D eigenvalue weighted by Gasteiger charge is -2.31. The predicted octanol–water partition coefficient (Wildman–Crippen LogP) is 2.34. The lowest BCUT2D eigenvalue weighted by atomic mass is 9.99. The van der Waals surface area contributed by atoms with Gasteiger partial charge < -0.3 is 16.0 Å². The van der Waals surface area contributed by atoms with Crippen molar-refractivity contribution in [2.45, 2.75) is 46.2 Å². The molecule has 6 heteroatoms. The van der Waals surface area contributed by atoms with Crippen LogP contribution in [-0.2, 0) is 11.3 Å². The molecule has 0 aromatic carbocycles. The van der Waals surface area contributed by atoms with E-state index in [1.165, 1.54) is 12.8 Å². The number of nitrogens with two attached hydrogens (primary N) is 1. The number of nitrogens with one attached hydrogen (secondary N) is 1. The van der Waals surface area contributed by atoms with E-state index < -0.39 is 6.04 Å². The molecule has 1 saturated heterocycles. The van der Waals surface area contributed by atoms with E-state index >= 15 is 0 Å². The number of hydrogen-bond acceptors (Lipinski definition) is 4. The second-order valence-corrected chi connectivity index (χ2v) is 6.68. The Bertz CT molecular complexity index is 484. The molecular formula is C17H29ClN4O. The quantitative estimate of drug-likeness (QED) is 0.863. The van der Waals surface area contributed by atoms with E-state index in [9.17, 15) is 4.79 Å². The highest BCUT2D eigenvalue weighted by Gasteiger charge is 2.18. The summed E-state index contributed by atoms with van der Waals surface area (Å²) in [5.74, 6) is 1.88. The molecule has 0 radical (unpaired) electrons. The Morgan fingerprint density at radius 2 is 2.04 bits per heavy atom. The van der Waals surface area contributed by atoms with Crippen molar-refractivity contribution in [1.82, 2.24) is 10.3 Å². The predicted molar refractivity (Wildman–Crippen MR) is 96.8 cm³/mol. The van der Waals surface area contributed by atoms with Crippen molar-refractivity contribution in [3.05, 3.63) is 23.9 Å². The molecule has 5 nitrogen and oxygen atoms in total. The highest BCUT2D eigenvalue weighted by Crippen LogP contribution is 2.21. The van der Waals surface area contributed by atoms with E-state index in [4.69, 9.17) is 5.73 Å². The molecule has 1 atom stereocenters. The third-order valence-corrected chi connectivity index (χ3v) is 4.40. The van der Waals surface area contributed by atoms with E-state index in [0.717, 1.165) is 30.4 Å². The summed E-state index contributed by atoms with van der Waals surface area (Å²) in [4.78, 5) is 18.7. The van der Waals surface area contributed by atoms with Crippen LogP contribution in [0.3, 0.4) is 0 Å². The molecule has 1 aromatic heterocycles. The molecule has 2 rings (SSSR count). The van der Waals surface area contributed by atoms with Crippen molar-refractivity contribution in [2.75, 3.05) is 18.0 Å². The summed E-state index contributed by atoms with van der Waals surface area (Å²) in [6, 6.07) is 3.61. The van der Waals surface area contributed by atoms with Crippen LogP contribution >= 0.6 is 12.4 Å². The molecule has 23 heavy (non-hydrogen) atoms. The summed E-state index contributed by atoms with van der Waals surface area (Å²) in [5, 5.41) is 2.87. The molecule has 0 spiro atoms. The third kappa shape index (κ3) is 5.66. The minimum absolute atomic E-state index is 0. The van der Waals surface area contributed by atoms with Gasteiger partial charge in [0.2, 0.25) is 5.91 Å². The SMILES string of the molecule is CC1CCN(c2ccc(CNC(=O)[C@@H](N)C(C)C)cn2)CC1.Cl. The van der Waals surface area contributed by atoms with E-state index in [2.05, 4.69) is 22.1 Å². The Labute approximate surface area is 145 Å². The van der Waals surface area contributed by atoms with Crippen LogP contribution in [0.5, 0.6) is 0 Å². The van der Waals surface area contributed by atoms with Crippen molar-refractivity contribution in [2.24, 2.45) is 17.6 Å². The van der Waals surface area contributed by atoms with E-state index in [1.54, 1.807) is 0 Å². The Morgan fingerprint density at radius 3 is 2.57 bits per heavy atom. The Morgan fingerprint density at radius 1 is 1.39 bits per heavy atom. The molecule has 3 N–H and O–H groups in total. The second kappa shape index (κ2) is 9.08. The van der Waals surface area contributed by atoms with Gasteiger partial charge in [0.05, 0.1) is 6.04 Å². The lowest BCUT2D eigenvalue weighted by molar-refractivity contribution is -0.123. The number of carbonyl (C=O) groups excluding carboxylic acids is 1. The zero-order chi connectivity index (χ0) is 16.1. The number of piperidine rings is 1. The topological polar surface area (TPSA) is 71.2 Å². The third-order valence-electron chi connectivity index (χ3n) is 4.40. The largest absolute Gasteiger partial charge is 0.357 e. The number of carbonyl (C=O) groups is 1. The first-order valence-corrected chi connectivity index (χ1v) is 8.20. The summed E-state index contributed by atoms with van der Waals surface area (Å²) < 4.78 is 0. The molecule has 1 fully saturated rings. The van der Waals surface area contributed by atoms with Gasteiger partial charge in [-0.3, -0.25) is 4.79 Å². The second-order valence-electron chi connectivity index (χ2n) is 6.68. The molecule has 0 bridgehead atoms. The van der Waals surface area contributed by atoms with Crippen molar-refractivity contribution in [3.63, 3.8) is 0 Å². The molecule has 2 heterocycles. The fourth-order valence-electron chi connectivity index (χ4n) is 2.56. The maximum atomic E-state index is 11.8. The highest BCUT2D eigenvalue weighted by atomic mass is 35.5. The standard InChI is InChI=1S/C17H28N4O.ClH/c1-12(2)16(18)17(22)20-11-14-4-5-15(19-10-14)21-8-6-13(3)7-9-21;/h4-5,10,12-13,16H,6-9,11,18H2,1-3H3,(H,20,22);1H/t16-;/m0./s1. The Hall–Kier alpha value is -1.33. The zero-order valence-electron chi connectivity index (χ0n) is 14.3. The number of nitrogens with zero attached hydrogens (tertiary/aromatic N) is 2. The molecule has 0 unspecified atom stereocenters. The average molecular weight is 341 g/mol. The van der Waals surface area contributed by atoms with Gasteiger partial charge in [-0.15, -0.1) is 12.4 Å². The molecule has 0 saturated carbocycles. The van der Waals surface area contributed by atoms with Crippen molar-refractivity contribution in [1.29, 1.82) is 0 Å². The van der Waals surface area contributed by atoms with E-state index in [-0.39, 0.29) is 24.2 Å². The number of amides is 1. The van der Waals surface area contributed by atoms with Gasteiger partial charge in [0.15, 0.2) is 0 Å². The molecular weight excluding hydrogens is 312 g/mol. The molecule has 1 aromatic rings. The van der Waals surface area contributed by atoms with Gasteiger partial charge in [0.25, 0.3) is 0 Å². The van der Waals surface area contributed by atoms with E-state index in [0.29, 0.717) is 6.54 Å². The van der Waals surface area contributed by atoms with Crippen LogP contribution in [-0.4, -0.2) is 30.0 Å². The number of halogens is 1. The lowest BCUT2D eigenvalue weighted by Crippen LogP contribution is -2.43.